The number of benzene rings is 3. The monoisotopic (exact) mass is 476 g/mol. The lowest BCUT2D eigenvalue weighted by molar-refractivity contribution is -0.131. The first-order valence-electron chi connectivity index (χ1n) is 10.6. The van der Waals surface area contributed by atoms with Crippen molar-refractivity contribution in [1.82, 2.24) is 0 Å². The number of ether oxygens (including phenoxy) is 1. The minimum Gasteiger partial charge on any atom is -0.478 e. The highest BCUT2D eigenvalue weighted by atomic mass is 32.2. The van der Waals surface area contributed by atoms with Crippen LogP contribution in [-0.4, -0.2) is 28.1 Å². The predicted octanol–water partition coefficient (Wildman–Crippen LogP) is 5.57. The van der Waals surface area contributed by atoms with E-state index in [1.165, 1.54) is 11.8 Å². The maximum Gasteiger partial charge on any atom is 0.328 e. The van der Waals surface area contributed by atoms with Crippen LogP contribution in [0.15, 0.2) is 95.9 Å². The number of amides is 2. The van der Waals surface area contributed by atoms with Gasteiger partial charge in [-0.05, 0) is 61.0 Å². The molecule has 3 aromatic rings. The van der Waals surface area contributed by atoms with Gasteiger partial charge in [0.25, 0.3) is 0 Å². The molecule has 0 aliphatic carbocycles. The molecule has 0 saturated heterocycles. The van der Waals surface area contributed by atoms with Crippen LogP contribution in [0.5, 0.6) is 11.5 Å². The Morgan fingerprint density at radius 3 is 2.26 bits per heavy atom. The van der Waals surface area contributed by atoms with Crippen molar-refractivity contribution in [2.24, 2.45) is 0 Å². The van der Waals surface area contributed by atoms with Crippen molar-refractivity contribution < 1.29 is 24.2 Å². The maximum atomic E-state index is 12.8. The number of thioether (sulfide) groups is 1. The molecule has 2 amide bonds. The van der Waals surface area contributed by atoms with E-state index in [2.05, 4.69) is 10.6 Å². The van der Waals surface area contributed by atoms with Crippen molar-refractivity contribution in [3.8, 4) is 11.5 Å². The summed E-state index contributed by atoms with van der Waals surface area (Å²) in [6.07, 6.45) is 2.32. The summed E-state index contributed by atoms with van der Waals surface area (Å²) < 4.78 is 5.77. The van der Waals surface area contributed by atoms with Gasteiger partial charge in [0.1, 0.15) is 11.5 Å². The van der Waals surface area contributed by atoms with E-state index in [9.17, 15) is 14.4 Å². The third-order valence-electron chi connectivity index (χ3n) is 4.52. The molecule has 0 radical (unpaired) electrons. The molecule has 174 valence electrons. The molecular weight excluding hydrogens is 452 g/mol. The Bertz CT molecular complexity index is 1160. The van der Waals surface area contributed by atoms with E-state index in [-0.39, 0.29) is 11.2 Å². The third kappa shape index (κ3) is 7.83. The molecule has 0 fully saturated rings. The van der Waals surface area contributed by atoms with Crippen LogP contribution in [0.3, 0.4) is 0 Å². The first-order chi connectivity index (χ1) is 16.4. The number of anilines is 2. The van der Waals surface area contributed by atoms with Crippen molar-refractivity contribution in [1.29, 1.82) is 0 Å². The van der Waals surface area contributed by atoms with Gasteiger partial charge < -0.3 is 20.5 Å². The Morgan fingerprint density at radius 1 is 0.882 bits per heavy atom. The van der Waals surface area contributed by atoms with Crippen LogP contribution < -0.4 is 15.4 Å². The zero-order chi connectivity index (χ0) is 24.3. The smallest absolute Gasteiger partial charge is 0.328 e. The first-order valence-corrected chi connectivity index (χ1v) is 11.4. The second kappa shape index (κ2) is 12.3. The molecule has 7 nitrogen and oxygen atoms in total. The van der Waals surface area contributed by atoms with Crippen molar-refractivity contribution in [2.45, 2.75) is 23.5 Å². The second-order valence-electron chi connectivity index (χ2n) is 7.13. The van der Waals surface area contributed by atoms with Gasteiger partial charge in [0, 0.05) is 28.4 Å². The molecule has 0 aromatic heterocycles. The number of aliphatic carboxylic acids is 1. The maximum absolute atomic E-state index is 12.8. The molecule has 3 N–H and O–H groups in total. The highest BCUT2D eigenvalue weighted by Gasteiger charge is 2.18. The van der Waals surface area contributed by atoms with E-state index in [1.807, 2.05) is 43.3 Å². The second-order valence-corrected chi connectivity index (χ2v) is 8.41. The number of para-hydroxylation sites is 1. The lowest BCUT2D eigenvalue weighted by Crippen LogP contribution is -2.24. The van der Waals surface area contributed by atoms with Gasteiger partial charge in [0.2, 0.25) is 11.8 Å². The topological polar surface area (TPSA) is 105 Å². The van der Waals surface area contributed by atoms with Gasteiger partial charge in [0.15, 0.2) is 0 Å². The van der Waals surface area contributed by atoms with Gasteiger partial charge >= 0.3 is 5.97 Å². The first kappa shape index (κ1) is 24.6. The Kier molecular flexibility index (Phi) is 8.88. The standard InChI is InChI=1S/C26H24N2O5S/c1-2-23(34-22-10-6-7-19(17-22)27-24(29)15-16-25(30)31)26(32)28-18-11-13-21(14-12-18)33-20-8-4-3-5-9-20/h3-17,23H,2H2,1H3,(H,27,29)(H,28,32)(H,30,31)/b16-15+. The van der Waals surface area contributed by atoms with E-state index in [1.54, 1.807) is 42.5 Å². The fourth-order valence-corrected chi connectivity index (χ4v) is 3.93. The molecule has 1 unspecified atom stereocenters. The summed E-state index contributed by atoms with van der Waals surface area (Å²) in [4.78, 5) is 36.0. The lowest BCUT2D eigenvalue weighted by Gasteiger charge is -2.16. The number of carbonyl (C=O) groups excluding carboxylic acids is 2. The number of hydrogen-bond acceptors (Lipinski definition) is 5. The molecule has 0 spiro atoms. The Labute approximate surface area is 201 Å². The van der Waals surface area contributed by atoms with Crippen LogP contribution in [0.4, 0.5) is 11.4 Å². The molecule has 34 heavy (non-hydrogen) atoms. The molecule has 1 atom stereocenters. The number of rotatable bonds is 10. The summed E-state index contributed by atoms with van der Waals surface area (Å²) in [5, 5.41) is 13.8. The van der Waals surface area contributed by atoms with E-state index in [0.717, 1.165) is 22.8 Å². The highest BCUT2D eigenvalue weighted by molar-refractivity contribution is 8.00. The Balaban J connectivity index is 1.58. The molecule has 0 saturated carbocycles. The van der Waals surface area contributed by atoms with Crippen molar-refractivity contribution in [3.05, 3.63) is 91.0 Å². The minimum atomic E-state index is -1.20. The summed E-state index contributed by atoms with van der Waals surface area (Å²) in [6.45, 7) is 1.93. The summed E-state index contributed by atoms with van der Waals surface area (Å²) in [7, 11) is 0. The van der Waals surface area contributed by atoms with Gasteiger partial charge in [-0.15, -0.1) is 11.8 Å². The van der Waals surface area contributed by atoms with Gasteiger partial charge in [-0.1, -0.05) is 31.2 Å². The van der Waals surface area contributed by atoms with Crippen LogP contribution in [0.2, 0.25) is 0 Å². The number of hydrogen-bond donors (Lipinski definition) is 3. The molecule has 3 aromatic carbocycles. The minimum absolute atomic E-state index is 0.136. The zero-order valence-corrected chi connectivity index (χ0v) is 19.2. The molecular formula is C26H24N2O5S. The van der Waals surface area contributed by atoms with Crippen molar-refractivity contribution >= 4 is 40.9 Å². The fraction of sp³-hybridized carbons (Fsp3) is 0.115. The van der Waals surface area contributed by atoms with Crippen LogP contribution in [-0.2, 0) is 14.4 Å². The lowest BCUT2D eigenvalue weighted by atomic mass is 10.2. The summed E-state index contributed by atoms with van der Waals surface area (Å²) >= 11 is 1.38. The normalized spacial score (nSPS) is 11.6. The number of carboxylic acids is 1. The van der Waals surface area contributed by atoms with E-state index in [0.29, 0.717) is 23.5 Å². The van der Waals surface area contributed by atoms with Gasteiger partial charge in [0.05, 0.1) is 5.25 Å². The molecule has 0 heterocycles. The van der Waals surface area contributed by atoms with Crippen LogP contribution in [0, 0.1) is 0 Å². The Hall–Kier alpha value is -4.04. The molecule has 0 aliphatic heterocycles. The number of carbonyl (C=O) groups is 3. The van der Waals surface area contributed by atoms with Gasteiger partial charge in [-0.2, -0.15) is 0 Å². The Morgan fingerprint density at radius 2 is 1.59 bits per heavy atom. The van der Waals surface area contributed by atoms with E-state index >= 15 is 0 Å². The summed E-state index contributed by atoms with van der Waals surface area (Å²) in [6, 6.07) is 23.6. The quantitative estimate of drug-likeness (QED) is 0.261. The number of nitrogens with one attached hydrogen (secondary N) is 2. The number of carboxylic acid groups (broad SMARTS) is 1. The van der Waals surface area contributed by atoms with Gasteiger partial charge in [-0.25, -0.2) is 4.79 Å². The summed E-state index contributed by atoms with van der Waals surface area (Å²) in [5.74, 6) is -0.479. The molecule has 0 bridgehead atoms. The third-order valence-corrected chi connectivity index (χ3v) is 5.88. The van der Waals surface area contributed by atoms with Crippen LogP contribution in [0.25, 0.3) is 0 Å². The molecule has 0 aliphatic rings. The van der Waals surface area contributed by atoms with E-state index < -0.39 is 11.9 Å². The van der Waals surface area contributed by atoms with Crippen LogP contribution in [0.1, 0.15) is 13.3 Å². The predicted molar refractivity (Wildman–Crippen MR) is 133 cm³/mol. The van der Waals surface area contributed by atoms with E-state index in [4.69, 9.17) is 9.84 Å². The largest absolute Gasteiger partial charge is 0.478 e. The average molecular weight is 477 g/mol. The molecule has 3 rings (SSSR count). The fourth-order valence-electron chi connectivity index (χ4n) is 2.92. The average Bonchev–Trinajstić information content (AvgIpc) is 2.83. The van der Waals surface area contributed by atoms with Gasteiger partial charge in [-0.3, -0.25) is 9.59 Å². The van der Waals surface area contributed by atoms with Crippen molar-refractivity contribution in [2.75, 3.05) is 10.6 Å². The summed E-state index contributed by atoms with van der Waals surface area (Å²) in [5.41, 5.74) is 1.17. The zero-order valence-electron chi connectivity index (χ0n) is 18.4. The van der Waals surface area contributed by atoms with Crippen LogP contribution >= 0.6 is 11.8 Å². The van der Waals surface area contributed by atoms with Crippen molar-refractivity contribution in [3.63, 3.8) is 0 Å². The SMILES string of the molecule is CCC(Sc1cccc(NC(=O)/C=C/C(=O)O)c1)C(=O)Nc1ccc(Oc2ccccc2)cc1. The molecule has 8 heteroatoms. The highest BCUT2D eigenvalue weighted by Crippen LogP contribution is 2.29.